The second kappa shape index (κ2) is 6.23. The van der Waals surface area contributed by atoms with Gasteiger partial charge in [0.1, 0.15) is 0 Å². The van der Waals surface area contributed by atoms with Crippen molar-refractivity contribution >= 4 is 27.4 Å². The summed E-state index contributed by atoms with van der Waals surface area (Å²) in [6, 6.07) is 6.03. The molecule has 0 radical (unpaired) electrons. The number of nitrogens with zero attached hydrogens (tertiary/aromatic N) is 1. The summed E-state index contributed by atoms with van der Waals surface area (Å²) in [4.78, 5) is 25.8. The van der Waals surface area contributed by atoms with E-state index in [0.717, 1.165) is 6.26 Å². The molecule has 0 aromatic heterocycles. The summed E-state index contributed by atoms with van der Waals surface area (Å²) >= 11 is 0. The molecule has 2 rings (SSSR count). The van der Waals surface area contributed by atoms with Crippen molar-refractivity contribution in [3.63, 3.8) is 0 Å². The molecular weight excluding hydrogens is 296 g/mol. The third-order valence-corrected chi connectivity index (χ3v) is 3.55. The minimum absolute atomic E-state index is 0.0411. The molecule has 1 aliphatic rings. The van der Waals surface area contributed by atoms with Crippen LogP contribution in [-0.2, 0) is 19.6 Å². The van der Waals surface area contributed by atoms with Crippen molar-refractivity contribution in [1.29, 1.82) is 0 Å². The molecule has 0 aliphatic carbocycles. The molecule has 0 atom stereocenters. The van der Waals surface area contributed by atoms with Gasteiger partial charge in [0, 0.05) is 13.1 Å². The Hall–Kier alpha value is -1.93. The molecule has 0 saturated carbocycles. The highest BCUT2D eigenvalue weighted by molar-refractivity contribution is 7.92. The zero-order chi connectivity index (χ0) is 15.5. The number of benzene rings is 1. The second-order valence-electron chi connectivity index (χ2n) is 4.65. The Labute approximate surface area is 122 Å². The van der Waals surface area contributed by atoms with Gasteiger partial charge in [-0.25, -0.2) is 8.42 Å². The first kappa shape index (κ1) is 15.5. The summed E-state index contributed by atoms with van der Waals surface area (Å²) in [7, 11) is -3.53. The van der Waals surface area contributed by atoms with Crippen LogP contribution in [0.25, 0.3) is 0 Å². The van der Waals surface area contributed by atoms with Crippen molar-refractivity contribution in [3.05, 3.63) is 29.8 Å². The van der Waals surface area contributed by atoms with Crippen LogP contribution in [0.15, 0.2) is 24.3 Å². The highest BCUT2D eigenvalue weighted by Gasteiger charge is 2.26. The SMILES string of the molecule is CS(=O)(=O)Nc1ccccc1C(=O)C(=O)N1CCOCC1. The molecule has 1 aliphatic heterocycles. The molecule has 1 heterocycles. The largest absolute Gasteiger partial charge is 0.378 e. The summed E-state index contributed by atoms with van der Waals surface area (Å²) in [5, 5.41) is 0. The minimum Gasteiger partial charge on any atom is -0.378 e. The van der Waals surface area contributed by atoms with Crippen LogP contribution in [-0.4, -0.2) is 57.6 Å². The molecule has 8 heteroatoms. The number of Topliss-reactive ketones (excluding diaryl/α,β-unsaturated/α-hetero) is 1. The number of ketones is 1. The topological polar surface area (TPSA) is 92.8 Å². The quantitative estimate of drug-likeness (QED) is 0.629. The maximum absolute atomic E-state index is 12.3. The molecule has 0 spiro atoms. The summed E-state index contributed by atoms with van der Waals surface area (Å²) in [6.45, 7) is 1.49. The number of para-hydroxylation sites is 1. The summed E-state index contributed by atoms with van der Waals surface area (Å²) in [5.74, 6) is -1.38. The van der Waals surface area contributed by atoms with E-state index >= 15 is 0 Å². The number of carbonyl (C=O) groups is 2. The lowest BCUT2D eigenvalue weighted by molar-refractivity contribution is -0.130. The number of rotatable bonds is 4. The fraction of sp³-hybridized carbons (Fsp3) is 0.385. The van der Waals surface area contributed by atoms with Crippen molar-refractivity contribution in [3.8, 4) is 0 Å². The Bertz CT molecular complexity index is 650. The maximum atomic E-state index is 12.3. The Morgan fingerprint density at radius 2 is 1.81 bits per heavy atom. The third-order valence-electron chi connectivity index (χ3n) is 2.96. The van der Waals surface area contributed by atoms with Gasteiger partial charge in [-0.15, -0.1) is 0 Å². The predicted molar refractivity (Wildman–Crippen MR) is 76.6 cm³/mol. The molecule has 0 bridgehead atoms. The lowest BCUT2D eigenvalue weighted by Crippen LogP contribution is -2.44. The fourth-order valence-electron chi connectivity index (χ4n) is 2.00. The van der Waals surface area contributed by atoms with Gasteiger partial charge in [-0.1, -0.05) is 12.1 Å². The standard InChI is InChI=1S/C13H16N2O5S/c1-21(18,19)14-11-5-3-2-4-10(11)12(16)13(17)15-6-8-20-9-7-15/h2-5,14H,6-9H2,1H3. The van der Waals surface area contributed by atoms with Gasteiger partial charge in [0.15, 0.2) is 0 Å². The minimum atomic E-state index is -3.53. The Balaban J connectivity index is 2.24. The molecule has 21 heavy (non-hydrogen) atoms. The van der Waals surface area contributed by atoms with Gasteiger partial charge in [-0.05, 0) is 12.1 Å². The first-order chi connectivity index (χ1) is 9.88. The van der Waals surface area contributed by atoms with Gasteiger partial charge < -0.3 is 9.64 Å². The van der Waals surface area contributed by atoms with Gasteiger partial charge in [-0.3, -0.25) is 14.3 Å². The van der Waals surface area contributed by atoms with Gasteiger partial charge in [0.2, 0.25) is 10.0 Å². The van der Waals surface area contributed by atoms with Crippen molar-refractivity contribution in [2.24, 2.45) is 0 Å². The zero-order valence-corrected chi connectivity index (χ0v) is 12.4. The van der Waals surface area contributed by atoms with E-state index in [1.807, 2.05) is 0 Å². The van der Waals surface area contributed by atoms with Crippen molar-refractivity contribution in [2.45, 2.75) is 0 Å². The maximum Gasteiger partial charge on any atom is 0.295 e. The van der Waals surface area contributed by atoms with E-state index in [4.69, 9.17) is 4.74 Å². The van der Waals surface area contributed by atoms with Crippen LogP contribution in [0.4, 0.5) is 5.69 Å². The van der Waals surface area contributed by atoms with Crippen molar-refractivity contribution in [1.82, 2.24) is 4.90 Å². The van der Waals surface area contributed by atoms with E-state index < -0.39 is 21.7 Å². The van der Waals surface area contributed by atoms with E-state index in [1.165, 1.54) is 17.0 Å². The zero-order valence-electron chi connectivity index (χ0n) is 11.5. The average Bonchev–Trinajstić information content (AvgIpc) is 2.45. The number of sulfonamides is 1. The molecule has 1 amide bonds. The van der Waals surface area contributed by atoms with E-state index in [9.17, 15) is 18.0 Å². The highest BCUT2D eigenvalue weighted by Crippen LogP contribution is 2.18. The van der Waals surface area contributed by atoms with Gasteiger partial charge in [-0.2, -0.15) is 0 Å². The number of ether oxygens (including phenoxy) is 1. The Morgan fingerprint density at radius 1 is 1.19 bits per heavy atom. The second-order valence-corrected chi connectivity index (χ2v) is 6.40. The average molecular weight is 312 g/mol. The van der Waals surface area contributed by atoms with Crippen LogP contribution in [0, 0.1) is 0 Å². The summed E-state index contributed by atoms with van der Waals surface area (Å²) in [5.41, 5.74) is 0.144. The molecule has 1 N–H and O–H groups in total. The number of carbonyl (C=O) groups excluding carboxylic acids is 2. The molecule has 1 fully saturated rings. The molecular formula is C13H16N2O5S. The van der Waals surface area contributed by atoms with Crippen LogP contribution in [0.1, 0.15) is 10.4 Å². The highest BCUT2D eigenvalue weighted by atomic mass is 32.2. The van der Waals surface area contributed by atoms with Crippen LogP contribution < -0.4 is 4.72 Å². The van der Waals surface area contributed by atoms with Gasteiger partial charge >= 0.3 is 0 Å². The number of amides is 1. The van der Waals surface area contributed by atoms with Crippen molar-refractivity contribution in [2.75, 3.05) is 37.3 Å². The van der Waals surface area contributed by atoms with E-state index in [0.29, 0.717) is 26.3 Å². The number of hydrogen-bond acceptors (Lipinski definition) is 5. The lowest BCUT2D eigenvalue weighted by Gasteiger charge is -2.26. The number of morpholine rings is 1. The molecule has 1 saturated heterocycles. The molecule has 1 aromatic rings. The van der Waals surface area contributed by atoms with E-state index in [1.54, 1.807) is 12.1 Å². The molecule has 1 aromatic carbocycles. The monoisotopic (exact) mass is 312 g/mol. The number of nitrogens with one attached hydrogen (secondary N) is 1. The van der Waals surface area contributed by atoms with Crippen LogP contribution in [0.5, 0.6) is 0 Å². The molecule has 7 nitrogen and oxygen atoms in total. The Kier molecular flexibility index (Phi) is 4.59. The Morgan fingerprint density at radius 3 is 2.43 bits per heavy atom. The van der Waals surface area contributed by atoms with Crippen LogP contribution in [0.2, 0.25) is 0 Å². The first-order valence-electron chi connectivity index (χ1n) is 6.36. The van der Waals surface area contributed by atoms with Gasteiger partial charge in [0.05, 0.1) is 30.7 Å². The molecule has 0 unspecified atom stereocenters. The third kappa shape index (κ3) is 4.02. The summed E-state index contributed by atoms with van der Waals surface area (Å²) < 4.78 is 30.0. The first-order valence-corrected chi connectivity index (χ1v) is 8.26. The summed E-state index contributed by atoms with van der Waals surface area (Å²) in [6.07, 6.45) is 0.984. The van der Waals surface area contributed by atoms with Gasteiger partial charge in [0.25, 0.3) is 11.7 Å². The number of anilines is 1. The van der Waals surface area contributed by atoms with Crippen molar-refractivity contribution < 1.29 is 22.7 Å². The number of hydrogen-bond donors (Lipinski definition) is 1. The van der Waals surface area contributed by atoms with Crippen LogP contribution >= 0.6 is 0 Å². The normalized spacial score (nSPS) is 15.6. The van der Waals surface area contributed by atoms with E-state index in [-0.39, 0.29) is 11.3 Å². The van der Waals surface area contributed by atoms with Crippen LogP contribution in [0.3, 0.4) is 0 Å². The smallest absolute Gasteiger partial charge is 0.295 e. The predicted octanol–water partition coefficient (Wildman–Crippen LogP) is 0.0996. The molecule has 114 valence electrons. The lowest BCUT2D eigenvalue weighted by atomic mass is 10.1. The fourth-order valence-corrected chi connectivity index (χ4v) is 2.57. The van der Waals surface area contributed by atoms with E-state index in [2.05, 4.69) is 4.72 Å².